The van der Waals surface area contributed by atoms with Crippen molar-refractivity contribution >= 4 is 17.4 Å². The fourth-order valence-electron chi connectivity index (χ4n) is 4.33. The second kappa shape index (κ2) is 8.26. The molecular formula is C26H29FN6O. The van der Waals surface area contributed by atoms with Crippen LogP contribution in [0.25, 0.3) is 11.3 Å². The van der Waals surface area contributed by atoms with Crippen LogP contribution in [0.15, 0.2) is 42.5 Å². The van der Waals surface area contributed by atoms with E-state index in [0.29, 0.717) is 30.2 Å². The van der Waals surface area contributed by atoms with Gasteiger partial charge in [0.05, 0.1) is 22.7 Å². The van der Waals surface area contributed by atoms with Crippen LogP contribution in [0.5, 0.6) is 0 Å². The first kappa shape index (κ1) is 23.5. The van der Waals surface area contributed by atoms with Crippen molar-refractivity contribution in [2.24, 2.45) is 5.73 Å². The number of nitrogens with two attached hydrogens (primary N) is 1. The van der Waals surface area contributed by atoms with Gasteiger partial charge in [0, 0.05) is 24.3 Å². The lowest BCUT2D eigenvalue weighted by atomic mass is 9.94. The number of carbonyl (C=O) groups excluding carboxylic acids is 1. The molecule has 0 aliphatic carbocycles. The Hall–Kier alpha value is -3.70. The first-order valence-corrected chi connectivity index (χ1v) is 11.2. The number of imidazole rings is 1. The van der Waals surface area contributed by atoms with Gasteiger partial charge in [-0.05, 0) is 76.6 Å². The maximum Gasteiger partial charge on any atom is 0.242 e. The summed E-state index contributed by atoms with van der Waals surface area (Å²) in [6.07, 6.45) is 0. The molecular weight excluding hydrogens is 431 g/mol. The van der Waals surface area contributed by atoms with Gasteiger partial charge in [-0.1, -0.05) is 6.07 Å². The number of rotatable bonds is 4. The Morgan fingerprint density at radius 2 is 1.88 bits per heavy atom. The molecule has 0 spiro atoms. The first-order chi connectivity index (χ1) is 15.9. The number of hydrogen-bond donors (Lipinski definition) is 2. The lowest BCUT2D eigenvalue weighted by Gasteiger charge is -2.44. The van der Waals surface area contributed by atoms with Gasteiger partial charge >= 0.3 is 0 Å². The van der Waals surface area contributed by atoms with E-state index in [1.165, 1.54) is 12.1 Å². The minimum absolute atomic E-state index is 0.151. The van der Waals surface area contributed by atoms with Gasteiger partial charge in [0.2, 0.25) is 5.91 Å². The molecule has 1 aliphatic heterocycles. The normalized spacial score (nSPS) is 14.9. The highest BCUT2D eigenvalue weighted by Crippen LogP contribution is 2.40. The molecule has 2 aromatic carbocycles. The van der Waals surface area contributed by atoms with Crippen molar-refractivity contribution in [2.75, 3.05) is 11.9 Å². The third-order valence-electron chi connectivity index (χ3n) is 6.27. The van der Waals surface area contributed by atoms with Gasteiger partial charge in [0.15, 0.2) is 0 Å². The Morgan fingerprint density at radius 1 is 1.21 bits per heavy atom. The number of nitrogens with zero attached hydrogens (tertiary/aromatic N) is 4. The number of fused-ring (bicyclic) bond motifs is 1. The molecule has 7 nitrogen and oxygen atoms in total. The number of hydrogen-bond acceptors (Lipinski definition) is 5. The highest BCUT2D eigenvalue weighted by molar-refractivity contribution is 5.86. The van der Waals surface area contributed by atoms with E-state index in [-0.39, 0.29) is 11.7 Å². The molecule has 3 N–H and O–H groups in total. The molecule has 4 rings (SSSR count). The first-order valence-electron chi connectivity index (χ1n) is 11.2. The summed E-state index contributed by atoms with van der Waals surface area (Å²) < 4.78 is 15.7. The molecule has 0 bridgehead atoms. The van der Waals surface area contributed by atoms with Gasteiger partial charge in [-0.3, -0.25) is 4.79 Å². The second-order valence-electron chi connectivity index (χ2n) is 9.80. The minimum atomic E-state index is -1.01. The van der Waals surface area contributed by atoms with Gasteiger partial charge < -0.3 is 20.5 Å². The van der Waals surface area contributed by atoms with Crippen LogP contribution in [0, 0.1) is 24.1 Å². The lowest BCUT2D eigenvalue weighted by molar-refractivity contribution is -0.143. The third kappa shape index (κ3) is 4.03. The molecule has 8 heteroatoms. The summed E-state index contributed by atoms with van der Waals surface area (Å²) in [7, 11) is 0. The van der Waals surface area contributed by atoms with Crippen LogP contribution >= 0.6 is 0 Å². The summed E-state index contributed by atoms with van der Waals surface area (Å²) in [4.78, 5) is 19.8. The van der Waals surface area contributed by atoms with E-state index in [1.807, 2.05) is 32.9 Å². The van der Waals surface area contributed by atoms with Crippen molar-refractivity contribution in [1.29, 1.82) is 5.26 Å². The van der Waals surface area contributed by atoms with E-state index in [2.05, 4.69) is 16.0 Å². The van der Waals surface area contributed by atoms with Crippen LogP contribution in [-0.4, -0.2) is 32.4 Å². The minimum Gasteiger partial charge on any atom is -0.340 e. The van der Waals surface area contributed by atoms with Gasteiger partial charge in [-0.2, -0.15) is 5.26 Å². The summed E-state index contributed by atoms with van der Waals surface area (Å²) >= 11 is 0. The van der Waals surface area contributed by atoms with Crippen molar-refractivity contribution in [2.45, 2.75) is 52.2 Å². The van der Waals surface area contributed by atoms with E-state index in [4.69, 9.17) is 10.7 Å². The van der Waals surface area contributed by atoms with E-state index >= 15 is 0 Å². The Balaban J connectivity index is 1.86. The third-order valence-corrected chi connectivity index (χ3v) is 6.27. The zero-order valence-corrected chi connectivity index (χ0v) is 20.1. The number of nitriles is 1. The molecule has 0 atom stereocenters. The molecule has 0 unspecified atom stereocenters. The summed E-state index contributed by atoms with van der Waals surface area (Å²) in [6.45, 7) is 10.2. The van der Waals surface area contributed by atoms with E-state index < -0.39 is 11.1 Å². The van der Waals surface area contributed by atoms with Crippen LogP contribution in [0.3, 0.4) is 0 Å². The SMILES string of the molecule is Cc1ccc(Nc2c(-c3ccc(F)cc3)nc3n2CCN(C(=O)C(C)(C)N)C3(C)C)cc1C#N. The standard InChI is InChI=1S/C26H29FN6O/c1-16-6-11-20(14-18(16)15-28)30-22-21(17-7-9-19(27)10-8-17)31-23-26(4,5)33(13-12-32(22)23)24(34)25(2,3)29/h6-11,14,30H,12-13,29H2,1-5H3. The number of halogens is 1. The zero-order valence-electron chi connectivity index (χ0n) is 20.1. The molecule has 0 radical (unpaired) electrons. The molecule has 1 aromatic heterocycles. The molecule has 1 amide bonds. The number of amides is 1. The quantitative estimate of drug-likeness (QED) is 0.600. The molecule has 0 saturated heterocycles. The van der Waals surface area contributed by atoms with E-state index in [9.17, 15) is 14.4 Å². The van der Waals surface area contributed by atoms with Crippen LogP contribution in [0.4, 0.5) is 15.9 Å². The predicted molar refractivity (Wildman–Crippen MR) is 130 cm³/mol. The fraction of sp³-hybridized carbons (Fsp3) is 0.346. The number of carbonyl (C=O) groups is 1. The second-order valence-corrected chi connectivity index (χ2v) is 9.80. The maximum absolute atomic E-state index is 13.6. The largest absolute Gasteiger partial charge is 0.340 e. The molecule has 3 aromatic rings. The summed E-state index contributed by atoms with van der Waals surface area (Å²) in [5.41, 5.74) is 7.99. The lowest BCUT2D eigenvalue weighted by Crippen LogP contribution is -2.60. The van der Waals surface area contributed by atoms with Crippen molar-refractivity contribution < 1.29 is 9.18 Å². The van der Waals surface area contributed by atoms with Gasteiger partial charge in [0.25, 0.3) is 0 Å². The Morgan fingerprint density at radius 3 is 2.50 bits per heavy atom. The Bertz CT molecular complexity index is 1290. The van der Waals surface area contributed by atoms with Crippen LogP contribution in [0.1, 0.15) is 44.6 Å². The number of nitrogens with one attached hydrogen (secondary N) is 1. The predicted octanol–water partition coefficient (Wildman–Crippen LogP) is 4.43. The van der Waals surface area contributed by atoms with Crippen LogP contribution < -0.4 is 11.1 Å². The maximum atomic E-state index is 13.6. The number of anilines is 2. The molecule has 0 saturated carbocycles. The topological polar surface area (TPSA) is 100.0 Å². The van der Waals surface area contributed by atoms with E-state index in [0.717, 1.165) is 22.6 Å². The van der Waals surface area contributed by atoms with Gasteiger partial charge in [-0.15, -0.1) is 0 Å². The van der Waals surface area contributed by atoms with Crippen molar-refractivity contribution in [1.82, 2.24) is 14.5 Å². The summed E-state index contributed by atoms with van der Waals surface area (Å²) in [5, 5.41) is 12.9. The number of aromatic nitrogens is 2. The molecule has 0 fully saturated rings. The highest BCUT2D eigenvalue weighted by atomic mass is 19.1. The fourth-order valence-corrected chi connectivity index (χ4v) is 4.33. The van der Waals surface area contributed by atoms with Crippen molar-refractivity contribution in [3.05, 3.63) is 65.2 Å². The molecule has 1 aliphatic rings. The zero-order chi connectivity index (χ0) is 24.8. The van der Waals surface area contributed by atoms with Gasteiger partial charge in [0.1, 0.15) is 23.2 Å². The number of aryl methyl sites for hydroxylation is 1. The Labute approximate surface area is 199 Å². The van der Waals surface area contributed by atoms with E-state index in [1.54, 1.807) is 36.9 Å². The van der Waals surface area contributed by atoms with Gasteiger partial charge in [-0.25, -0.2) is 9.37 Å². The average molecular weight is 461 g/mol. The monoisotopic (exact) mass is 460 g/mol. The smallest absolute Gasteiger partial charge is 0.242 e. The molecule has 2 heterocycles. The molecule has 34 heavy (non-hydrogen) atoms. The van der Waals surface area contributed by atoms with Crippen LogP contribution in [0.2, 0.25) is 0 Å². The summed E-state index contributed by atoms with van der Waals surface area (Å²) in [5.74, 6) is 0.941. The van der Waals surface area contributed by atoms with Crippen molar-refractivity contribution in [3.8, 4) is 17.3 Å². The molecule has 176 valence electrons. The average Bonchev–Trinajstić information content (AvgIpc) is 3.14. The Kier molecular flexibility index (Phi) is 5.70. The number of benzene rings is 2. The summed E-state index contributed by atoms with van der Waals surface area (Å²) in [6, 6.07) is 14.0. The highest BCUT2D eigenvalue weighted by Gasteiger charge is 2.44. The van der Waals surface area contributed by atoms with Crippen LogP contribution in [-0.2, 0) is 16.9 Å². The van der Waals surface area contributed by atoms with Crippen molar-refractivity contribution in [3.63, 3.8) is 0 Å².